The number of benzene rings is 3. The van der Waals surface area contributed by atoms with Crippen molar-refractivity contribution < 1.29 is 28.8 Å². The fraction of sp³-hybridized carbons (Fsp3) is 0.300. The van der Waals surface area contributed by atoms with Crippen LogP contribution in [0.2, 0.25) is 0 Å². The molecule has 0 bridgehead atoms. The van der Waals surface area contributed by atoms with Crippen LogP contribution in [0.15, 0.2) is 66.7 Å². The number of hydrogen-bond donors (Lipinski definition) is 1. The second-order valence-corrected chi connectivity index (χ2v) is 8.29. The molecule has 0 atom stereocenters. The monoisotopic (exact) mass is 490 g/mol. The summed E-state index contributed by atoms with van der Waals surface area (Å²) in [6.07, 6.45) is 1.94. The molecule has 6 heteroatoms. The summed E-state index contributed by atoms with van der Waals surface area (Å²) in [4.78, 5) is 13.0. The third-order valence-corrected chi connectivity index (χ3v) is 5.90. The molecule has 0 amide bonds. The van der Waals surface area contributed by atoms with Gasteiger partial charge in [-0.2, -0.15) is 0 Å². The molecule has 0 aliphatic carbocycles. The molecular weight excluding hydrogens is 456 g/mol. The number of ether oxygens (including phenoxy) is 4. The standard InChI is InChI=1S/C30H34O6/c1-5-21-12-14-27(35-19-33-3)24(16-21)25(18-23-10-8-7-9-11-23)29(30(31)32)26-17-22(6-2)13-15-28(26)36-20-34-4/h7-17H,5-6,18-20H2,1-4H3,(H,31,32). The lowest BCUT2D eigenvalue weighted by Gasteiger charge is -2.20. The predicted molar refractivity (Wildman–Crippen MR) is 141 cm³/mol. The maximum Gasteiger partial charge on any atom is 0.336 e. The van der Waals surface area contributed by atoms with Gasteiger partial charge >= 0.3 is 5.97 Å². The molecule has 190 valence electrons. The van der Waals surface area contributed by atoms with Gasteiger partial charge in [-0.05, 0) is 65.8 Å². The van der Waals surface area contributed by atoms with Crippen molar-refractivity contribution in [2.75, 3.05) is 27.8 Å². The molecule has 0 radical (unpaired) electrons. The fourth-order valence-electron chi connectivity index (χ4n) is 4.05. The van der Waals surface area contributed by atoms with Crippen LogP contribution in [0.1, 0.15) is 41.7 Å². The van der Waals surface area contributed by atoms with Crippen LogP contribution in [0.3, 0.4) is 0 Å². The number of carbonyl (C=O) groups is 1. The molecule has 0 aliphatic rings. The predicted octanol–water partition coefficient (Wildman–Crippen LogP) is 6.01. The molecule has 0 saturated carbocycles. The third kappa shape index (κ3) is 6.74. The lowest BCUT2D eigenvalue weighted by molar-refractivity contribution is -0.130. The molecule has 0 unspecified atom stereocenters. The molecule has 0 spiro atoms. The van der Waals surface area contributed by atoms with E-state index in [0.29, 0.717) is 34.6 Å². The summed E-state index contributed by atoms with van der Waals surface area (Å²) in [5.41, 5.74) is 5.07. The van der Waals surface area contributed by atoms with E-state index in [1.165, 1.54) is 7.11 Å². The fourth-order valence-corrected chi connectivity index (χ4v) is 4.05. The summed E-state index contributed by atoms with van der Waals surface area (Å²) in [6.45, 7) is 4.15. The van der Waals surface area contributed by atoms with Crippen molar-refractivity contribution in [1.82, 2.24) is 0 Å². The van der Waals surface area contributed by atoms with Crippen molar-refractivity contribution in [2.45, 2.75) is 33.1 Å². The van der Waals surface area contributed by atoms with Crippen molar-refractivity contribution in [3.05, 3.63) is 94.5 Å². The van der Waals surface area contributed by atoms with Crippen molar-refractivity contribution in [3.63, 3.8) is 0 Å². The van der Waals surface area contributed by atoms with Crippen LogP contribution in [0.5, 0.6) is 11.5 Å². The van der Waals surface area contributed by atoms with Crippen LogP contribution in [0, 0.1) is 0 Å². The number of methoxy groups -OCH3 is 2. The summed E-state index contributed by atoms with van der Waals surface area (Å²) in [5, 5.41) is 10.6. The lowest BCUT2D eigenvalue weighted by Crippen LogP contribution is -2.11. The summed E-state index contributed by atoms with van der Waals surface area (Å²) in [6, 6.07) is 21.3. The van der Waals surface area contributed by atoms with Crippen LogP contribution >= 0.6 is 0 Å². The minimum atomic E-state index is -1.05. The van der Waals surface area contributed by atoms with Gasteiger partial charge in [0.2, 0.25) is 0 Å². The van der Waals surface area contributed by atoms with Gasteiger partial charge in [0.05, 0.1) is 5.57 Å². The van der Waals surface area contributed by atoms with Gasteiger partial charge in [-0.1, -0.05) is 56.3 Å². The average molecular weight is 491 g/mol. The largest absolute Gasteiger partial charge is 0.478 e. The van der Waals surface area contributed by atoms with Gasteiger partial charge in [-0.25, -0.2) is 4.79 Å². The Morgan fingerprint density at radius 2 is 1.25 bits per heavy atom. The van der Waals surface area contributed by atoms with E-state index in [1.807, 2.05) is 67.6 Å². The molecule has 36 heavy (non-hydrogen) atoms. The number of aliphatic carboxylic acids is 1. The zero-order valence-electron chi connectivity index (χ0n) is 21.4. The van der Waals surface area contributed by atoms with Gasteiger partial charge < -0.3 is 24.1 Å². The van der Waals surface area contributed by atoms with E-state index >= 15 is 0 Å². The van der Waals surface area contributed by atoms with Crippen LogP contribution in [-0.2, 0) is 33.5 Å². The Hall–Kier alpha value is -3.61. The summed E-state index contributed by atoms with van der Waals surface area (Å²) >= 11 is 0. The SMILES string of the molecule is CCc1ccc(OCOC)c(C(Cc2ccccc2)=C(C(=O)O)c2cc(CC)ccc2OCOC)c1. The van der Waals surface area contributed by atoms with Crippen molar-refractivity contribution in [1.29, 1.82) is 0 Å². The maximum absolute atomic E-state index is 13.0. The first-order valence-electron chi connectivity index (χ1n) is 12.0. The van der Waals surface area contributed by atoms with Crippen LogP contribution in [0.4, 0.5) is 0 Å². The zero-order valence-corrected chi connectivity index (χ0v) is 21.4. The second-order valence-electron chi connectivity index (χ2n) is 8.29. The molecule has 0 saturated heterocycles. The molecule has 0 aliphatic heterocycles. The number of aryl methyl sites for hydroxylation is 2. The Morgan fingerprint density at radius 3 is 1.75 bits per heavy atom. The van der Waals surface area contributed by atoms with E-state index in [0.717, 1.165) is 29.5 Å². The molecule has 0 heterocycles. The van der Waals surface area contributed by atoms with E-state index in [9.17, 15) is 9.90 Å². The summed E-state index contributed by atoms with van der Waals surface area (Å²) in [5.74, 6) is -0.0381. The number of allylic oxidation sites excluding steroid dienone is 1. The quantitative estimate of drug-likeness (QED) is 0.180. The Balaban J connectivity index is 2.37. The Bertz CT molecular complexity index is 1180. The first kappa shape index (κ1) is 27.0. The van der Waals surface area contributed by atoms with E-state index in [1.54, 1.807) is 13.2 Å². The van der Waals surface area contributed by atoms with Crippen LogP contribution in [0.25, 0.3) is 11.1 Å². The van der Waals surface area contributed by atoms with Gasteiger partial charge in [0.15, 0.2) is 13.6 Å². The van der Waals surface area contributed by atoms with E-state index in [-0.39, 0.29) is 19.2 Å². The van der Waals surface area contributed by atoms with Crippen molar-refractivity contribution >= 4 is 17.1 Å². The number of carboxylic acid groups (broad SMARTS) is 1. The first-order chi connectivity index (χ1) is 17.5. The zero-order chi connectivity index (χ0) is 25.9. The Labute approximate surface area is 213 Å². The van der Waals surface area contributed by atoms with Crippen molar-refractivity contribution in [2.24, 2.45) is 0 Å². The highest BCUT2D eigenvalue weighted by Gasteiger charge is 2.25. The molecule has 3 aromatic rings. The molecule has 3 rings (SSSR count). The van der Waals surface area contributed by atoms with Crippen LogP contribution in [-0.4, -0.2) is 38.9 Å². The first-order valence-corrected chi connectivity index (χ1v) is 12.0. The molecule has 3 aromatic carbocycles. The van der Waals surface area contributed by atoms with Gasteiger partial charge in [0.1, 0.15) is 11.5 Å². The normalized spacial score (nSPS) is 11.7. The van der Waals surface area contributed by atoms with E-state index in [4.69, 9.17) is 18.9 Å². The molecule has 0 fully saturated rings. The van der Waals surface area contributed by atoms with Crippen molar-refractivity contribution in [3.8, 4) is 11.5 Å². The van der Waals surface area contributed by atoms with Gasteiger partial charge in [0.25, 0.3) is 0 Å². The maximum atomic E-state index is 13.0. The highest BCUT2D eigenvalue weighted by molar-refractivity contribution is 6.25. The molecule has 6 nitrogen and oxygen atoms in total. The summed E-state index contributed by atoms with van der Waals surface area (Å²) in [7, 11) is 3.09. The highest BCUT2D eigenvalue weighted by atomic mass is 16.7. The minimum Gasteiger partial charge on any atom is -0.478 e. The molecule has 0 aromatic heterocycles. The van der Waals surface area contributed by atoms with E-state index < -0.39 is 5.97 Å². The van der Waals surface area contributed by atoms with Gasteiger partial charge in [-0.15, -0.1) is 0 Å². The van der Waals surface area contributed by atoms with Crippen LogP contribution < -0.4 is 9.47 Å². The lowest BCUT2D eigenvalue weighted by atomic mass is 9.87. The minimum absolute atomic E-state index is 0.00685. The Morgan fingerprint density at radius 1 is 0.722 bits per heavy atom. The smallest absolute Gasteiger partial charge is 0.336 e. The molecular formula is C30H34O6. The van der Waals surface area contributed by atoms with Gasteiger partial charge in [-0.3, -0.25) is 0 Å². The number of hydrogen-bond acceptors (Lipinski definition) is 5. The Kier molecular flexibility index (Phi) is 10.1. The molecule has 1 N–H and O–H groups in total. The highest BCUT2D eigenvalue weighted by Crippen LogP contribution is 2.39. The number of rotatable bonds is 13. The number of carboxylic acids is 1. The average Bonchev–Trinajstić information content (AvgIpc) is 2.91. The topological polar surface area (TPSA) is 74.2 Å². The van der Waals surface area contributed by atoms with Gasteiger partial charge in [0, 0.05) is 25.3 Å². The summed E-state index contributed by atoms with van der Waals surface area (Å²) < 4.78 is 22.0. The second kappa shape index (κ2) is 13.5. The third-order valence-electron chi connectivity index (χ3n) is 5.90. The van der Waals surface area contributed by atoms with E-state index in [2.05, 4.69) is 6.92 Å².